The molecule has 12 heteroatoms. The maximum atomic E-state index is 6.30. The van der Waals surface area contributed by atoms with Crippen molar-refractivity contribution >= 4 is 100 Å². The first-order valence-electron chi connectivity index (χ1n) is 28.1. The number of para-hydroxylation sites is 4. The Kier molecular flexibility index (Phi) is 12.3. The van der Waals surface area contributed by atoms with Crippen LogP contribution < -0.4 is 5.46 Å². The zero-order chi connectivity index (χ0) is 56.7. The second-order valence-corrected chi connectivity index (χ2v) is 22.6. The van der Waals surface area contributed by atoms with Gasteiger partial charge in [-0.05, 0) is 69.0 Å². The van der Waals surface area contributed by atoms with Crippen molar-refractivity contribution in [2.75, 3.05) is 0 Å². The lowest BCUT2D eigenvalue weighted by Gasteiger charge is -2.32. The SMILES string of the molecule is CC1(C)OB(c2ccc3c4cccc5c6ccccc6n(c3c2)c54)OC1(C)C.Clc1nc(-c2ccccc2)nc(-c2ccccc2)n1.c1ccc(-c2nc(-c3ccccc3)nc(-c3ccc4c5cccc6c7ccccc7n(c4c3)c65)n2)cc1. The molecule has 16 aromatic rings. The average Bonchev–Trinajstić information content (AvgIpc) is 1.77. The van der Waals surface area contributed by atoms with E-state index >= 15 is 0 Å². The molecular weight excluding hydrogens is 1060 g/mol. The van der Waals surface area contributed by atoms with Gasteiger partial charge in [-0.15, -0.1) is 0 Å². The standard InChI is InChI=1S/C33H20N4.C24H22BNO2.C15H10ClN3/c1-3-10-21(11-4-1)31-34-32(22-12-5-2-6-13-22)36-33(35-31)23-18-19-25-27-16-9-15-26-24-14-7-8-17-28(24)37(30(26)27)29(25)20-23;1-23(2)24(3,4)28-25(27-23)15-12-13-17-19-10-7-9-18-16-8-5-6-11-20(16)26(22(18)19)21(17)14-15;16-15-18-13(11-7-3-1-4-8-11)17-14(19-15)12-9-5-2-6-10-12/h1-20H;5-14H,1-4H3;1-10H. The van der Waals surface area contributed by atoms with Crippen LogP contribution in [-0.4, -0.2) is 57.0 Å². The smallest absolute Gasteiger partial charge is 0.399 e. The van der Waals surface area contributed by atoms with Crippen molar-refractivity contribution in [3.8, 4) is 56.9 Å². The van der Waals surface area contributed by atoms with Crippen molar-refractivity contribution in [3.63, 3.8) is 0 Å². The Morgan fingerprint density at radius 1 is 0.310 bits per heavy atom. The summed E-state index contributed by atoms with van der Waals surface area (Å²) in [4.78, 5) is 27.5. The molecule has 0 saturated carbocycles. The summed E-state index contributed by atoms with van der Waals surface area (Å²) < 4.78 is 17.4. The molecule has 7 heterocycles. The molecule has 0 aliphatic carbocycles. The van der Waals surface area contributed by atoms with Crippen LogP contribution in [0.2, 0.25) is 5.28 Å². The summed E-state index contributed by atoms with van der Waals surface area (Å²) in [6.07, 6.45) is 0. The van der Waals surface area contributed by atoms with E-state index in [0.29, 0.717) is 29.1 Å². The maximum Gasteiger partial charge on any atom is 0.494 e. The molecule has 0 bridgehead atoms. The summed E-state index contributed by atoms with van der Waals surface area (Å²) in [5.74, 6) is 3.17. The van der Waals surface area contributed by atoms with Crippen LogP contribution in [0.1, 0.15) is 27.7 Å². The summed E-state index contributed by atoms with van der Waals surface area (Å²) in [6, 6.07) is 83.2. The molecule has 6 aromatic heterocycles. The van der Waals surface area contributed by atoms with Crippen molar-refractivity contribution in [2.24, 2.45) is 0 Å². The van der Waals surface area contributed by atoms with Crippen molar-refractivity contribution in [3.05, 3.63) is 248 Å². The van der Waals surface area contributed by atoms with Gasteiger partial charge < -0.3 is 18.1 Å². The van der Waals surface area contributed by atoms with E-state index in [9.17, 15) is 0 Å². The number of halogens is 1. The van der Waals surface area contributed by atoms with Crippen molar-refractivity contribution in [2.45, 2.75) is 38.9 Å². The quantitative estimate of drug-likeness (QED) is 0.152. The number of hydrogen-bond acceptors (Lipinski definition) is 8. The zero-order valence-corrected chi connectivity index (χ0v) is 47.2. The topological polar surface area (TPSA) is 105 Å². The number of nitrogens with zero attached hydrogens (tertiary/aromatic N) is 8. The predicted molar refractivity (Wildman–Crippen MR) is 343 cm³/mol. The zero-order valence-electron chi connectivity index (χ0n) is 46.4. The summed E-state index contributed by atoms with van der Waals surface area (Å²) in [7, 11) is -0.351. The normalized spacial score (nSPS) is 13.8. The van der Waals surface area contributed by atoms with Gasteiger partial charge in [-0.1, -0.05) is 218 Å². The lowest BCUT2D eigenvalue weighted by Crippen LogP contribution is -2.41. The largest absolute Gasteiger partial charge is 0.494 e. The van der Waals surface area contributed by atoms with E-state index in [-0.39, 0.29) is 23.6 Å². The number of rotatable bonds is 6. The van der Waals surface area contributed by atoms with E-state index in [0.717, 1.165) is 38.8 Å². The van der Waals surface area contributed by atoms with E-state index in [1.165, 1.54) is 70.7 Å². The molecule has 10 aromatic carbocycles. The number of benzene rings is 10. The number of aromatic nitrogens is 8. The molecule has 1 aliphatic heterocycles. The van der Waals surface area contributed by atoms with Gasteiger partial charge in [-0.3, -0.25) is 0 Å². The van der Waals surface area contributed by atoms with Gasteiger partial charge in [-0.2, -0.15) is 9.97 Å². The van der Waals surface area contributed by atoms with Crippen molar-refractivity contribution in [1.82, 2.24) is 38.7 Å². The van der Waals surface area contributed by atoms with Crippen LogP contribution in [-0.2, 0) is 9.31 Å². The minimum atomic E-state index is -0.351. The lowest BCUT2D eigenvalue weighted by molar-refractivity contribution is 0.00578. The molecule has 402 valence electrons. The Balaban J connectivity index is 0.000000113. The molecule has 0 N–H and O–H groups in total. The molecule has 17 rings (SSSR count). The first-order valence-corrected chi connectivity index (χ1v) is 28.5. The van der Waals surface area contributed by atoms with E-state index in [1.807, 2.05) is 121 Å². The minimum Gasteiger partial charge on any atom is -0.399 e. The van der Waals surface area contributed by atoms with E-state index in [1.54, 1.807) is 0 Å². The van der Waals surface area contributed by atoms with Gasteiger partial charge in [0.1, 0.15) is 0 Å². The third-order valence-corrected chi connectivity index (χ3v) is 16.8. The molecule has 1 saturated heterocycles. The molecule has 0 spiro atoms. The van der Waals surface area contributed by atoms with Crippen LogP contribution in [0.25, 0.3) is 133 Å². The minimum absolute atomic E-state index is 0.202. The monoisotopic (exact) mass is 1110 g/mol. The Labute approximate surface area is 489 Å². The molecule has 1 aliphatic rings. The van der Waals surface area contributed by atoms with Gasteiger partial charge in [0, 0.05) is 70.9 Å². The van der Waals surface area contributed by atoms with Gasteiger partial charge in [0.25, 0.3) is 0 Å². The fraction of sp³-hybridized carbons (Fsp3) is 0.0833. The van der Waals surface area contributed by atoms with Crippen LogP contribution >= 0.6 is 11.6 Å². The van der Waals surface area contributed by atoms with Crippen LogP contribution in [0, 0.1) is 0 Å². The van der Waals surface area contributed by atoms with Crippen molar-refractivity contribution < 1.29 is 9.31 Å². The maximum absolute atomic E-state index is 6.30. The lowest BCUT2D eigenvalue weighted by atomic mass is 9.79. The van der Waals surface area contributed by atoms with Gasteiger partial charge in [-0.25, -0.2) is 19.9 Å². The first kappa shape index (κ1) is 51.0. The molecule has 0 amide bonds. The molecular formula is C72H52BClN8O2. The molecule has 84 heavy (non-hydrogen) atoms. The fourth-order valence-corrected chi connectivity index (χ4v) is 12.0. The summed E-state index contributed by atoms with van der Waals surface area (Å²) in [5, 5.41) is 10.4. The average molecular weight is 1110 g/mol. The predicted octanol–water partition coefficient (Wildman–Crippen LogP) is 17.0. The second kappa shape index (κ2) is 20.2. The van der Waals surface area contributed by atoms with Gasteiger partial charge in [0.2, 0.25) is 5.28 Å². The Bertz CT molecular complexity index is 4980. The number of hydrogen-bond donors (Lipinski definition) is 0. The third-order valence-electron chi connectivity index (χ3n) is 16.6. The van der Waals surface area contributed by atoms with Crippen molar-refractivity contribution in [1.29, 1.82) is 0 Å². The third kappa shape index (κ3) is 8.66. The van der Waals surface area contributed by atoms with Crippen LogP contribution in [0.15, 0.2) is 243 Å². The highest BCUT2D eigenvalue weighted by Crippen LogP contribution is 2.42. The Morgan fingerprint density at radius 2 is 0.631 bits per heavy atom. The Morgan fingerprint density at radius 3 is 1.05 bits per heavy atom. The van der Waals surface area contributed by atoms with E-state index in [4.69, 9.17) is 35.9 Å². The second-order valence-electron chi connectivity index (χ2n) is 22.2. The van der Waals surface area contributed by atoms with Crippen LogP contribution in [0.5, 0.6) is 0 Å². The highest BCUT2D eigenvalue weighted by atomic mass is 35.5. The summed E-state index contributed by atoms with van der Waals surface area (Å²) in [5.41, 5.74) is 12.5. The summed E-state index contributed by atoms with van der Waals surface area (Å²) >= 11 is 5.99. The molecule has 10 nitrogen and oxygen atoms in total. The Hall–Kier alpha value is -9.91. The van der Waals surface area contributed by atoms with Crippen LogP contribution in [0.3, 0.4) is 0 Å². The molecule has 0 radical (unpaired) electrons. The van der Waals surface area contributed by atoms with Gasteiger partial charge in [0.15, 0.2) is 29.1 Å². The highest BCUT2D eigenvalue weighted by molar-refractivity contribution is 6.62. The van der Waals surface area contributed by atoms with Crippen LogP contribution in [0.4, 0.5) is 0 Å². The fourth-order valence-electron chi connectivity index (χ4n) is 11.9. The van der Waals surface area contributed by atoms with Gasteiger partial charge >= 0.3 is 7.12 Å². The molecule has 1 fully saturated rings. The van der Waals surface area contributed by atoms with E-state index < -0.39 is 0 Å². The highest BCUT2D eigenvalue weighted by Gasteiger charge is 2.51. The summed E-state index contributed by atoms with van der Waals surface area (Å²) in [6.45, 7) is 8.39. The van der Waals surface area contributed by atoms with E-state index in [2.05, 4.69) is 173 Å². The number of fused-ring (bicyclic) bond motifs is 12. The van der Waals surface area contributed by atoms with Gasteiger partial charge in [0.05, 0.1) is 44.3 Å². The molecule has 0 unspecified atom stereocenters. The first-order chi connectivity index (χ1) is 41.0. The molecule has 0 atom stereocenters.